The van der Waals surface area contributed by atoms with Crippen LogP contribution in [0.1, 0.15) is 17.7 Å². The normalized spacial score (nSPS) is 10.8. The van der Waals surface area contributed by atoms with E-state index in [0.29, 0.717) is 11.8 Å². The van der Waals surface area contributed by atoms with Crippen LogP contribution in [0, 0.1) is 6.92 Å². The molecule has 1 rings (SSSR count). The number of aromatic nitrogens is 2. The van der Waals surface area contributed by atoms with Gasteiger partial charge in [0.05, 0.1) is 18.9 Å². The Kier molecular flexibility index (Phi) is 6.26. The van der Waals surface area contributed by atoms with E-state index in [2.05, 4.69) is 17.0 Å². The molecule has 0 amide bonds. The third-order valence-corrected chi connectivity index (χ3v) is 2.93. The predicted molar refractivity (Wildman–Crippen MR) is 70.3 cm³/mol. The number of halogens is 1. The number of nitrogens with zero attached hydrogens (tertiary/aromatic N) is 2. The number of aryl methyl sites for hydroxylation is 2. The summed E-state index contributed by atoms with van der Waals surface area (Å²) in [5.41, 5.74) is 2.03. The molecule has 0 aliphatic rings. The Balaban J connectivity index is 2.20. The zero-order valence-corrected chi connectivity index (χ0v) is 11.3. The monoisotopic (exact) mass is 257 g/mol. The van der Waals surface area contributed by atoms with Crippen molar-refractivity contribution < 1.29 is 4.74 Å². The fourth-order valence-electron chi connectivity index (χ4n) is 1.50. The van der Waals surface area contributed by atoms with E-state index in [4.69, 9.17) is 16.3 Å². The molecular formula is C12H20ClN3O. The van der Waals surface area contributed by atoms with Gasteiger partial charge in [-0.25, -0.2) is 0 Å². The third kappa shape index (κ3) is 4.50. The van der Waals surface area contributed by atoms with Crippen molar-refractivity contribution in [1.82, 2.24) is 15.1 Å². The molecule has 0 aliphatic carbocycles. The Labute approximate surface area is 108 Å². The molecule has 0 aliphatic heterocycles. The highest BCUT2D eigenvalue weighted by Gasteiger charge is 2.09. The number of rotatable bonds is 8. The molecule has 0 spiro atoms. The molecule has 0 bridgehead atoms. The largest absolute Gasteiger partial charge is 0.380 e. The molecule has 96 valence electrons. The van der Waals surface area contributed by atoms with Crippen molar-refractivity contribution in [3.8, 4) is 0 Å². The van der Waals surface area contributed by atoms with Crippen LogP contribution >= 0.6 is 11.6 Å². The summed E-state index contributed by atoms with van der Waals surface area (Å²) in [6.45, 7) is 8.56. The van der Waals surface area contributed by atoms with Gasteiger partial charge in [0.1, 0.15) is 5.15 Å². The highest BCUT2D eigenvalue weighted by atomic mass is 35.5. The third-order valence-electron chi connectivity index (χ3n) is 2.46. The molecule has 1 N–H and O–H groups in total. The van der Waals surface area contributed by atoms with Gasteiger partial charge in [0, 0.05) is 25.7 Å². The molecule has 5 heteroatoms. The number of hydrogen-bond donors (Lipinski definition) is 1. The molecule has 17 heavy (non-hydrogen) atoms. The molecule has 1 heterocycles. The van der Waals surface area contributed by atoms with Crippen LogP contribution in [0.3, 0.4) is 0 Å². The van der Waals surface area contributed by atoms with Crippen molar-refractivity contribution in [2.24, 2.45) is 7.05 Å². The number of hydrogen-bond acceptors (Lipinski definition) is 3. The maximum atomic E-state index is 6.11. The molecule has 0 atom stereocenters. The Hall–Kier alpha value is -0.840. The van der Waals surface area contributed by atoms with Crippen LogP contribution < -0.4 is 5.32 Å². The van der Waals surface area contributed by atoms with E-state index in [-0.39, 0.29) is 0 Å². The van der Waals surface area contributed by atoms with Gasteiger partial charge in [0.15, 0.2) is 0 Å². The van der Waals surface area contributed by atoms with Gasteiger partial charge in [-0.1, -0.05) is 17.7 Å². The Morgan fingerprint density at radius 3 is 2.88 bits per heavy atom. The second-order valence-corrected chi connectivity index (χ2v) is 4.20. The minimum atomic E-state index is 0.697. The molecule has 1 aromatic heterocycles. The van der Waals surface area contributed by atoms with Crippen LogP contribution in [0.4, 0.5) is 0 Å². The fraction of sp³-hybridized carbons (Fsp3) is 0.583. The number of ether oxygens (including phenoxy) is 1. The van der Waals surface area contributed by atoms with E-state index in [1.807, 2.05) is 20.0 Å². The van der Waals surface area contributed by atoms with Crippen molar-refractivity contribution in [3.05, 3.63) is 29.1 Å². The summed E-state index contributed by atoms with van der Waals surface area (Å²) in [6, 6.07) is 0. The molecule has 4 nitrogen and oxygen atoms in total. The van der Waals surface area contributed by atoms with Crippen LogP contribution in [0.15, 0.2) is 12.7 Å². The molecule has 1 aromatic rings. The Morgan fingerprint density at radius 2 is 2.29 bits per heavy atom. The molecular weight excluding hydrogens is 238 g/mol. The molecule has 0 fully saturated rings. The van der Waals surface area contributed by atoms with Crippen LogP contribution in [0.2, 0.25) is 5.15 Å². The summed E-state index contributed by atoms with van der Waals surface area (Å²) in [6.07, 6.45) is 2.75. The van der Waals surface area contributed by atoms with Gasteiger partial charge in [0.25, 0.3) is 0 Å². The lowest BCUT2D eigenvalue weighted by Crippen LogP contribution is -2.19. The second kappa shape index (κ2) is 7.48. The fourth-order valence-corrected chi connectivity index (χ4v) is 1.74. The van der Waals surface area contributed by atoms with Crippen LogP contribution in [0.5, 0.6) is 0 Å². The van der Waals surface area contributed by atoms with Gasteiger partial charge in [-0.05, 0) is 13.3 Å². The van der Waals surface area contributed by atoms with Crippen molar-refractivity contribution in [2.45, 2.75) is 19.9 Å². The molecule has 0 aromatic carbocycles. The summed E-state index contributed by atoms with van der Waals surface area (Å²) < 4.78 is 7.08. The first-order valence-electron chi connectivity index (χ1n) is 5.74. The zero-order valence-electron chi connectivity index (χ0n) is 10.5. The van der Waals surface area contributed by atoms with Gasteiger partial charge >= 0.3 is 0 Å². The SMILES string of the molecule is C=CCCOCCNCc1c(C)nn(C)c1Cl. The highest BCUT2D eigenvalue weighted by Crippen LogP contribution is 2.17. The van der Waals surface area contributed by atoms with E-state index in [0.717, 1.165) is 37.4 Å². The average molecular weight is 258 g/mol. The van der Waals surface area contributed by atoms with Crippen LogP contribution in [-0.4, -0.2) is 29.5 Å². The van der Waals surface area contributed by atoms with Gasteiger partial charge in [-0.3, -0.25) is 4.68 Å². The van der Waals surface area contributed by atoms with Gasteiger partial charge in [0.2, 0.25) is 0 Å². The van der Waals surface area contributed by atoms with E-state index in [1.165, 1.54) is 0 Å². The Bertz CT molecular complexity index is 363. The average Bonchev–Trinajstić information content (AvgIpc) is 2.54. The molecule has 0 saturated heterocycles. The lowest BCUT2D eigenvalue weighted by atomic mass is 10.2. The summed E-state index contributed by atoms with van der Waals surface area (Å²) in [4.78, 5) is 0. The lowest BCUT2D eigenvalue weighted by Gasteiger charge is -2.05. The standard InChI is InChI=1S/C12H20ClN3O/c1-4-5-7-17-8-6-14-9-11-10(2)15-16(3)12(11)13/h4,14H,1,5-9H2,2-3H3. The Morgan fingerprint density at radius 1 is 1.53 bits per heavy atom. The van der Waals surface area contributed by atoms with Crippen molar-refractivity contribution in [1.29, 1.82) is 0 Å². The van der Waals surface area contributed by atoms with E-state index >= 15 is 0 Å². The first-order chi connectivity index (χ1) is 8.16. The van der Waals surface area contributed by atoms with Gasteiger partial charge in [-0.15, -0.1) is 6.58 Å². The second-order valence-electron chi connectivity index (χ2n) is 3.84. The maximum Gasteiger partial charge on any atom is 0.131 e. The van der Waals surface area contributed by atoms with Gasteiger partial charge < -0.3 is 10.1 Å². The smallest absolute Gasteiger partial charge is 0.131 e. The topological polar surface area (TPSA) is 39.1 Å². The van der Waals surface area contributed by atoms with Crippen LogP contribution in [0.25, 0.3) is 0 Å². The summed E-state index contributed by atoms with van der Waals surface area (Å²) in [5.74, 6) is 0. The summed E-state index contributed by atoms with van der Waals surface area (Å²) >= 11 is 6.11. The summed E-state index contributed by atoms with van der Waals surface area (Å²) in [7, 11) is 1.84. The van der Waals surface area contributed by atoms with Crippen molar-refractivity contribution in [3.63, 3.8) is 0 Å². The quantitative estimate of drug-likeness (QED) is 0.572. The predicted octanol–water partition coefficient (Wildman–Crippen LogP) is 2.06. The maximum absolute atomic E-state index is 6.11. The van der Waals surface area contributed by atoms with Gasteiger partial charge in [-0.2, -0.15) is 5.10 Å². The van der Waals surface area contributed by atoms with E-state index in [9.17, 15) is 0 Å². The van der Waals surface area contributed by atoms with Crippen molar-refractivity contribution in [2.75, 3.05) is 19.8 Å². The lowest BCUT2D eigenvalue weighted by molar-refractivity contribution is 0.140. The number of nitrogens with one attached hydrogen (secondary N) is 1. The molecule has 0 unspecified atom stereocenters. The first-order valence-corrected chi connectivity index (χ1v) is 6.12. The minimum Gasteiger partial charge on any atom is -0.380 e. The van der Waals surface area contributed by atoms with Crippen molar-refractivity contribution >= 4 is 11.6 Å². The van der Waals surface area contributed by atoms with E-state index in [1.54, 1.807) is 4.68 Å². The minimum absolute atomic E-state index is 0.697. The van der Waals surface area contributed by atoms with Crippen LogP contribution in [-0.2, 0) is 18.3 Å². The van der Waals surface area contributed by atoms with E-state index < -0.39 is 0 Å². The molecule has 0 radical (unpaired) electrons. The highest BCUT2D eigenvalue weighted by molar-refractivity contribution is 6.30. The zero-order chi connectivity index (χ0) is 12.7. The first kappa shape index (κ1) is 14.2. The molecule has 0 saturated carbocycles. The summed E-state index contributed by atoms with van der Waals surface area (Å²) in [5, 5.41) is 8.23.